The van der Waals surface area contributed by atoms with Crippen molar-refractivity contribution in [3.05, 3.63) is 18.2 Å². The molecule has 0 bridgehead atoms. The van der Waals surface area contributed by atoms with E-state index in [1.807, 2.05) is 18.2 Å². The lowest BCUT2D eigenvalue weighted by Gasteiger charge is -2.23. The number of carbonyl (C=O) groups excluding carboxylic acids is 1. The summed E-state index contributed by atoms with van der Waals surface area (Å²) in [5.74, 6) is 1.79. The number of nitrogens with one attached hydrogen (secondary N) is 3. The Kier molecular flexibility index (Phi) is 10.2. The van der Waals surface area contributed by atoms with E-state index >= 15 is 0 Å². The molecule has 3 N–H and O–H groups in total. The maximum atomic E-state index is 12.1. The van der Waals surface area contributed by atoms with Gasteiger partial charge in [-0.1, -0.05) is 19.3 Å². The highest BCUT2D eigenvalue weighted by Crippen LogP contribution is 2.29. The van der Waals surface area contributed by atoms with E-state index in [-0.39, 0.29) is 36.4 Å². The van der Waals surface area contributed by atoms with Crippen molar-refractivity contribution >= 4 is 41.5 Å². The Morgan fingerprint density at radius 2 is 1.85 bits per heavy atom. The molecule has 8 heteroatoms. The van der Waals surface area contributed by atoms with Gasteiger partial charge in [0.1, 0.15) is 0 Å². The van der Waals surface area contributed by atoms with E-state index < -0.39 is 0 Å². The minimum Gasteiger partial charge on any atom is -0.493 e. The highest BCUT2D eigenvalue weighted by molar-refractivity contribution is 14.0. The van der Waals surface area contributed by atoms with Crippen LogP contribution in [0.15, 0.2) is 23.2 Å². The molecule has 0 saturated heterocycles. The molecule has 1 saturated carbocycles. The zero-order valence-electron chi connectivity index (χ0n) is 15.6. The summed E-state index contributed by atoms with van der Waals surface area (Å²) in [7, 11) is 4.84. The quantitative estimate of drug-likeness (QED) is 0.334. The molecule has 1 aliphatic carbocycles. The SMILES string of the molecule is CN=C(NCC(=O)NC1CCCCC1)Nc1ccc(OC)c(OC)c1.I. The van der Waals surface area contributed by atoms with Crippen LogP contribution in [0.5, 0.6) is 11.5 Å². The lowest BCUT2D eigenvalue weighted by molar-refractivity contribution is -0.120. The van der Waals surface area contributed by atoms with Gasteiger partial charge in [-0.2, -0.15) is 0 Å². The normalized spacial score (nSPS) is 14.8. The van der Waals surface area contributed by atoms with Gasteiger partial charge in [0.2, 0.25) is 5.91 Å². The van der Waals surface area contributed by atoms with Gasteiger partial charge in [0.25, 0.3) is 0 Å². The summed E-state index contributed by atoms with van der Waals surface area (Å²) in [6.07, 6.45) is 5.81. The first kappa shape index (κ1) is 22.3. The van der Waals surface area contributed by atoms with Gasteiger partial charge in [-0.05, 0) is 25.0 Å². The number of hydrogen-bond donors (Lipinski definition) is 3. The third kappa shape index (κ3) is 6.89. The molecule has 146 valence electrons. The fraction of sp³-hybridized carbons (Fsp3) is 0.556. The zero-order chi connectivity index (χ0) is 18.1. The summed E-state index contributed by atoms with van der Waals surface area (Å²) in [6, 6.07) is 5.79. The fourth-order valence-electron chi connectivity index (χ4n) is 2.92. The highest BCUT2D eigenvalue weighted by Gasteiger charge is 2.15. The molecule has 0 aromatic heterocycles. The topological polar surface area (TPSA) is 84.0 Å². The van der Waals surface area contributed by atoms with Crippen molar-refractivity contribution in [2.24, 2.45) is 4.99 Å². The fourth-order valence-corrected chi connectivity index (χ4v) is 2.92. The number of aliphatic imine (C=N–C) groups is 1. The predicted molar refractivity (Wildman–Crippen MR) is 115 cm³/mol. The number of guanidine groups is 1. The summed E-state index contributed by atoms with van der Waals surface area (Å²) >= 11 is 0. The number of benzene rings is 1. The number of methoxy groups -OCH3 is 2. The van der Waals surface area contributed by atoms with E-state index in [1.54, 1.807) is 21.3 Å². The van der Waals surface area contributed by atoms with Crippen molar-refractivity contribution in [3.63, 3.8) is 0 Å². The Morgan fingerprint density at radius 3 is 2.46 bits per heavy atom. The van der Waals surface area contributed by atoms with Crippen LogP contribution in [0.4, 0.5) is 5.69 Å². The smallest absolute Gasteiger partial charge is 0.239 e. The van der Waals surface area contributed by atoms with Gasteiger partial charge in [-0.15, -0.1) is 24.0 Å². The van der Waals surface area contributed by atoms with E-state index in [0.29, 0.717) is 23.5 Å². The average Bonchev–Trinajstić information content (AvgIpc) is 2.65. The van der Waals surface area contributed by atoms with Crippen LogP contribution >= 0.6 is 24.0 Å². The molecule has 0 heterocycles. The number of carbonyl (C=O) groups is 1. The van der Waals surface area contributed by atoms with Gasteiger partial charge in [0.05, 0.1) is 20.8 Å². The van der Waals surface area contributed by atoms with Crippen LogP contribution in [0, 0.1) is 0 Å². The van der Waals surface area contributed by atoms with Crippen LogP contribution in [-0.2, 0) is 4.79 Å². The number of rotatable bonds is 6. The molecular formula is C18H29IN4O3. The van der Waals surface area contributed by atoms with Gasteiger partial charge in [0, 0.05) is 24.8 Å². The molecule has 1 amide bonds. The molecule has 1 aromatic carbocycles. The number of ether oxygens (including phenoxy) is 2. The summed E-state index contributed by atoms with van der Waals surface area (Å²) in [4.78, 5) is 16.2. The second-order valence-electron chi connectivity index (χ2n) is 6.02. The third-order valence-corrected chi connectivity index (χ3v) is 4.26. The molecule has 1 fully saturated rings. The third-order valence-electron chi connectivity index (χ3n) is 4.26. The lowest BCUT2D eigenvalue weighted by atomic mass is 9.95. The number of nitrogens with zero attached hydrogens (tertiary/aromatic N) is 1. The molecule has 7 nitrogen and oxygen atoms in total. The van der Waals surface area contributed by atoms with E-state index in [9.17, 15) is 4.79 Å². The maximum absolute atomic E-state index is 12.1. The van der Waals surface area contributed by atoms with E-state index in [2.05, 4.69) is 20.9 Å². The second kappa shape index (κ2) is 11.8. The summed E-state index contributed by atoms with van der Waals surface area (Å²) in [5, 5.41) is 9.24. The Bertz CT molecular complexity index is 604. The molecule has 0 atom stereocenters. The largest absolute Gasteiger partial charge is 0.493 e. The van der Waals surface area contributed by atoms with Crippen LogP contribution in [0.1, 0.15) is 32.1 Å². The van der Waals surface area contributed by atoms with Crippen molar-refractivity contribution in [3.8, 4) is 11.5 Å². The monoisotopic (exact) mass is 476 g/mol. The van der Waals surface area contributed by atoms with Gasteiger partial charge in [-0.25, -0.2) is 0 Å². The predicted octanol–water partition coefficient (Wildman–Crippen LogP) is 2.76. The van der Waals surface area contributed by atoms with Crippen molar-refractivity contribution < 1.29 is 14.3 Å². The molecule has 0 aliphatic heterocycles. The van der Waals surface area contributed by atoms with Crippen LogP contribution in [0.25, 0.3) is 0 Å². The van der Waals surface area contributed by atoms with Crippen LogP contribution < -0.4 is 25.4 Å². The number of hydrogen-bond acceptors (Lipinski definition) is 4. The minimum absolute atomic E-state index is 0. The Balaban J connectivity index is 0.00000338. The van der Waals surface area contributed by atoms with E-state index in [1.165, 1.54) is 19.3 Å². The first-order chi connectivity index (χ1) is 12.2. The lowest BCUT2D eigenvalue weighted by Crippen LogP contribution is -2.44. The summed E-state index contributed by atoms with van der Waals surface area (Å²) < 4.78 is 10.5. The first-order valence-electron chi connectivity index (χ1n) is 8.65. The van der Waals surface area contributed by atoms with Crippen molar-refractivity contribution in [1.29, 1.82) is 0 Å². The van der Waals surface area contributed by atoms with Crippen LogP contribution in [0.3, 0.4) is 0 Å². The number of halogens is 1. The average molecular weight is 476 g/mol. The van der Waals surface area contributed by atoms with Crippen LogP contribution in [-0.4, -0.2) is 45.7 Å². The van der Waals surface area contributed by atoms with Crippen molar-refractivity contribution in [2.45, 2.75) is 38.1 Å². The molecule has 2 rings (SSSR count). The standard InChI is InChI=1S/C18H28N4O3.HI/c1-19-18(20-12-17(23)21-13-7-5-4-6-8-13)22-14-9-10-15(24-2)16(11-14)25-3;/h9-11,13H,4-8,12H2,1-3H3,(H,21,23)(H2,19,20,22);1H. The van der Waals surface area contributed by atoms with E-state index in [4.69, 9.17) is 9.47 Å². The van der Waals surface area contributed by atoms with E-state index in [0.717, 1.165) is 18.5 Å². The van der Waals surface area contributed by atoms with Gasteiger partial charge in [-0.3, -0.25) is 9.79 Å². The first-order valence-corrected chi connectivity index (χ1v) is 8.65. The molecule has 0 spiro atoms. The van der Waals surface area contributed by atoms with Gasteiger partial charge < -0.3 is 25.4 Å². The Hall–Kier alpha value is -1.71. The molecule has 0 unspecified atom stereocenters. The van der Waals surface area contributed by atoms with Crippen LogP contribution in [0.2, 0.25) is 0 Å². The van der Waals surface area contributed by atoms with Crippen molar-refractivity contribution in [1.82, 2.24) is 10.6 Å². The van der Waals surface area contributed by atoms with Gasteiger partial charge in [0.15, 0.2) is 17.5 Å². The zero-order valence-corrected chi connectivity index (χ0v) is 18.0. The molecule has 26 heavy (non-hydrogen) atoms. The summed E-state index contributed by atoms with van der Waals surface area (Å²) in [6.45, 7) is 0.184. The molecule has 0 radical (unpaired) electrons. The maximum Gasteiger partial charge on any atom is 0.239 e. The van der Waals surface area contributed by atoms with Gasteiger partial charge >= 0.3 is 0 Å². The van der Waals surface area contributed by atoms with Crippen molar-refractivity contribution in [2.75, 3.05) is 33.1 Å². The molecular weight excluding hydrogens is 447 g/mol. The molecule has 1 aliphatic rings. The Morgan fingerprint density at radius 1 is 1.15 bits per heavy atom. The Labute approximate surface area is 172 Å². The minimum atomic E-state index is -0.0119. The second-order valence-corrected chi connectivity index (χ2v) is 6.02. The molecule has 1 aromatic rings. The number of anilines is 1. The highest BCUT2D eigenvalue weighted by atomic mass is 127. The summed E-state index contributed by atoms with van der Waals surface area (Å²) in [5.41, 5.74) is 0.790. The number of amides is 1.